The number of hydrogen-bond acceptors (Lipinski definition) is 3. The maximum atomic E-state index is 13.0. The molecule has 5 nitrogen and oxygen atoms in total. The minimum absolute atomic E-state index is 0.194. The first-order valence-corrected chi connectivity index (χ1v) is 10.4. The van der Waals surface area contributed by atoms with Gasteiger partial charge in [0.2, 0.25) is 11.8 Å². The van der Waals surface area contributed by atoms with Crippen LogP contribution in [0.5, 0.6) is 0 Å². The number of carbonyl (C=O) groups is 2. The molecule has 146 valence electrons. The van der Waals surface area contributed by atoms with Crippen molar-refractivity contribution in [3.8, 4) is 0 Å². The van der Waals surface area contributed by atoms with Gasteiger partial charge >= 0.3 is 0 Å². The zero-order valence-electron chi connectivity index (χ0n) is 16.6. The highest BCUT2D eigenvalue weighted by atomic mass is 16.2. The van der Waals surface area contributed by atoms with Crippen LogP contribution in [-0.4, -0.2) is 61.4 Å². The first-order valence-electron chi connectivity index (χ1n) is 10.4. The molecule has 0 N–H and O–H groups in total. The molecule has 27 heavy (non-hydrogen) atoms. The summed E-state index contributed by atoms with van der Waals surface area (Å²) in [5.74, 6) is 0.454. The zero-order chi connectivity index (χ0) is 19.0. The van der Waals surface area contributed by atoms with E-state index >= 15 is 0 Å². The minimum atomic E-state index is -0.425. The highest BCUT2D eigenvalue weighted by Crippen LogP contribution is 2.47. The lowest BCUT2D eigenvalue weighted by atomic mass is 9.73. The fourth-order valence-corrected chi connectivity index (χ4v) is 5.29. The average molecular weight is 370 g/mol. The standard InChI is InChI=1S/C22H31N3O2/c1-23-14-6-5-7-17(23)10-11-20(26)25-15-12-22(13-16-25)18-8-3-4-9-19(18)24(2)21(22)27/h3-4,8-9,17H,5-7,10-16H2,1-2H3/t17-/m0/s1. The van der Waals surface area contributed by atoms with Crippen LogP contribution in [0.2, 0.25) is 0 Å². The topological polar surface area (TPSA) is 43.9 Å². The summed E-state index contributed by atoms with van der Waals surface area (Å²) in [4.78, 5) is 31.9. The number of likely N-dealkylation sites (tertiary alicyclic amines) is 2. The molecular formula is C22H31N3O2. The van der Waals surface area contributed by atoms with Crippen LogP contribution in [0, 0.1) is 0 Å². The number of hydrogen-bond donors (Lipinski definition) is 0. The molecule has 2 saturated heterocycles. The van der Waals surface area contributed by atoms with Crippen molar-refractivity contribution >= 4 is 17.5 Å². The molecule has 4 rings (SSSR count). The highest BCUT2D eigenvalue weighted by Gasteiger charge is 2.51. The van der Waals surface area contributed by atoms with E-state index in [-0.39, 0.29) is 11.8 Å². The van der Waals surface area contributed by atoms with Crippen molar-refractivity contribution in [1.29, 1.82) is 0 Å². The first kappa shape index (κ1) is 18.5. The number of amides is 2. The van der Waals surface area contributed by atoms with Gasteiger partial charge in [-0.25, -0.2) is 0 Å². The van der Waals surface area contributed by atoms with Crippen LogP contribution in [-0.2, 0) is 15.0 Å². The van der Waals surface area contributed by atoms with Gasteiger partial charge in [0.1, 0.15) is 0 Å². The summed E-state index contributed by atoms with van der Waals surface area (Å²) in [7, 11) is 4.05. The van der Waals surface area contributed by atoms with Crippen LogP contribution >= 0.6 is 0 Å². The van der Waals surface area contributed by atoms with Gasteiger partial charge in [0, 0.05) is 38.3 Å². The number of fused-ring (bicyclic) bond motifs is 2. The van der Waals surface area contributed by atoms with Crippen molar-refractivity contribution in [2.75, 3.05) is 38.6 Å². The van der Waals surface area contributed by atoms with Crippen molar-refractivity contribution in [1.82, 2.24) is 9.80 Å². The Morgan fingerprint density at radius 1 is 1.11 bits per heavy atom. The molecule has 0 radical (unpaired) electrons. The maximum absolute atomic E-state index is 13.0. The number of likely N-dealkylation sites (N-methyl/N-ethyl adjacent to an activating group) is 1. The maximum Gasteiger partial charge on any atom is 0.237 e. The number of carbonyl (C=O) groups excluding carboxylic acids is 2. The van der Waals surface area contributed by atoms with E-state index < -0.39 is 5.41 Å². The number of anilines is 1. The lowest BCUT2D eigenvalue weighted by Crippen LogP contribution is -2.49. The van der Waals surface area contributed by atoms with Crippen LogP contribution in [0.15, 0.2) is 24.3 Å². The number of nitrogens with zero attached hydrogens (tertiary/aromatic N) is 3. The molecule has 3 heterocycles. The van der Waals surface area contributed by atoms with Gasteiger partial charge in [0.15, 0.2) is 0 Å². The molecule has 1 atom stereocenters. The van der Waals surface area contributed by atoms with Crippen LogP contribution in [0.1, 0.15) is 50.5 Å². The summed E-state index contributed by atoms with van der Waals surface area (Å²) in [5, 5.41) is 0. The number of piperidine rings is 2. The van der Waals surface area contributed by atoms with E-state index in [2.05, 4.69) is 18.0 Å². The third-order valence-corrected chi connectivity index (χ3v) is 7.08. The van der Waals surface area contributed by atoms with Crippen LogP contribution in [0.4, 0.5) is 5.69 Å². The molecule has 0 bridgehead atoms. The Labute approximate surface area is 162 Å². The third-order valence-electron chi connectivity index (χ3n) is 7.08. The van der Waals surface area contributed by atoms with Gasteiger partial charge in [-0.3, -0.25) is 9.59 Å². The van der Waals surface area contributed by atoms with Gasteiger partial charge in [0.05, 0.1) is 5.41 Å². The fraction of sp³-hybridized carbons (Fsp3) is 0.636. The SMILES string of the molecule is CN1C(=O)C2(CCN(C(=O)CC[C@@H]3CCCCN3C)CC2)c2ccccc21. The van der Waals surface area contributed by atoms with Crippen molar-refractivity contribution < 1.29 is 9.59 Å². The summed E-state index contributed by atoms with van der Waals surface area (Å²) >= 11 is 0. The Balaban J connectivity index is 1.38. The Bertz CT molecular complexity index is 724. The van der Waals surface area contributed by atoms with Crippen molar-refractivity contribution in [3.63, 3.8) is 0 Å². The number of para-hydroxylation sites is 1. The monoisotopic (exact) mass is 369 g/mol. The molecule has 3 aliphatic rings. The highest BCUT2D eigenvalue weighted by molar-refractivity contribution is 6.07. The van der Waals surface area contributed by atoms with Crippen molar-refractivity contribution in [2.24, 2.45) is 0 Å². The van der Waals surface area contributed by atoms with E-state index in [0.29, 0.717) is 25.6 Å². The van der Waals surface area contributed by atoms with E-state index in [4.69, 9.17) is 0 Å². The molecule has 0 saturated carbocycles. The second kappa shape index (κ2) is 7.27. The molecule has 1 aromatic carbocycles. The molecule has 3 aliphatic heterocycles. The molecule has 2 fully saturated rings. The lowest BCUT2D eigenvalue weighted by molar-refractivity contribution is -0.135. The van der Waals surface area contributed by atoms with Crippen LogP contribution in [0.3, 0.4) is 0 Å². The minimum Gasteiger partial charge on any atom is -0.343 e. The van der Waals surface area contributed by atoms with Crippen molar-refractivity contribution in [3.05, 3.63) is 29.8 Å². The Morgan fingerprint density at radius 3 is 2.59 bits per heavy atom. The smallest absolute Gasteiger partial charge is 0.237 e. The molecule has 2 amide bonds. The first-order chi connectivity index (χ1) is 13.0. The van der Waals surface area contributed by atoms with Gasteiger partial charge in [-0.1, -0.05) is 24.6 Å². The molecule has 1 aromatic rings. The largest absolute Gasteiger partial charge is 0.343 e. The predicted molar refractivity (Wildman–Crippen MR) is 107 cm³/mol. The predicted octanol–water partition coefficient (Wildman–Crippen LogP) is 2.79. The average Bonchev–Trinajstić information content (AvgIpc) is 2.90. The van der Waals surface area contributed by atoms with Gasteiger partial charge in [-0.05, 0) is 57.3 Å². The zero-order valence-corrected chi connectivity index (χ0v) is 16.6. The number of benzene rings is 1. The van der Waals surface area contributed by atoms with Crippen LogP contribution in [0.25, 0.3) is 0 Å². The molecule has 5 heteroatoms. The van der Waals surface area contributed by atoms with E-state index in [1.54, 1.807) is 4.90 Å². The van der Waals surface area contributed by atoms with Gasteiger partial charge in [-0.2, -0.15) is 0 Å². The quantitative estimate of drug-likeness (QED) is 0.823. The van der Waals surface area contributed by atoms with E-state index in [0.717, 1.165) is 37.1 Å². The summed E-state index contributed by atoms with van der Waals surface area (Å²) in [5.41, 5.74) is 1.75. The molecule has 1 spiro atoms. The van der Waals surface area contributed by atoms with Gasteiger partial charge in [0.25, 0.3) is 0 Å². The number of rotatable bonds is 3. The Kier molecular flexibility index (Phi) is 4.97. The molecular weight excluding hydrogens is 338 g/mol. The summed E-state index contributed by atoms with van der Waals surface area (Å²) in [6.07, 6.45) is 6.84. The van der Waals surface area contributed by atoms with E-state index in [1.165, 1.54) is 19.3 Å². The normalized spacial score (nSPS) is 25.1. The molecule has 0 unspecified atom stereocenters. The summed E-state index contributed by atoms with van der Waals surface area (Å²) in [6.45, 7) is 2.53. The van der Waals surface area contributed by atoms with Crippen molar-refractivity contribution in [2.45, 2.75) is 56.4 Å². The van der Waals surface area contributed by atoms with Gasteiger partial charge < -0.3 is 14.7 Å². The van der Waals surface area contributed by atoms with E-state index in [9.17, 15) is 9.59 Å². The molecule has 0 aliphatic carbocycles. The summed E-state index contributed by atoms with van der Waals surface area (Å²) in [6, 6.07) is 8.68. The third kappa shape index (κ3) is 3.16. The second-order valence-electron chi connectivity index (χ2n) is 8.51. The molecule has 0 aromatic heterocycles. The second-order valence-corrected chi connectivity index (χ2v) is 8.51. The summed E-state index contributed by atoms with van der Waals surface area (Å²) < 4.78 is 0. The van der Waals surface area contributed by atoms with Crippen LogP contribution < -0.4 is 4.90 Å². The van der Waals surface area contributed by atoms with E-state index in [1.807, 2.05) is 30.1 Å². The Hall–Kier alpha value is -1.88. The lowest BCUT2D eigenvalue weighted by Gasteiger charge is -2.39. The van der Waals surface area contributed by atoms with Gasteiger partial charge in [-0.15, -0.1) is 0 Å². The Morgan fingerprint density at radius 2 is 1.85 bits per heavy atom. The fourth-order valence-electron chi connectivity index (χ4n) is 5.29.